The Bertz CT molecular complexity index is 656. The van der Waals surface area contributed by atoms with Gasteiger partial charge in [0, 0.05) is 39.6 Å². The normalized spacial score (nSPS) is 15.2. The first kappa shape index (κ1) is 25.5. The molecular weight excluding hydrogens is 405 g/mol. The Hall–Kier alpha value is -1.76. The van der Waals surface area contributed by atoms with Crippen LogP contribution < -0.4 is 4.74 Å². The lowest BCUT2D eigenvalue weighted by Gasteiger charge is -2.40. The number of hydrogen-bond acceptors (Lipinski definition) is 3. The number of carbonyl (C=O) groups is 1. The predicted molar refractivity (Wildman–Crippen MR) is 117 cm³/mol. The fourth-order valence-corrected chi connectivity index (χ4v) is 3.76. The van der Waals surface area contributed by atoms with Crippen LogP contribution in [-0.4, -0.2) is 55.2 Å². The summed E-state index contributed by atoms with van der Waals surface area (Å²) in [5, 5.41) is 0. The van der Waals surface area contributed by atoms with E-state index in [0.717, 1.165) is 36.8 Å². The van der Waals surface area contributed by atoms with E-state index in [1.165, 1.54) is 24.2 Å². The lowest BCUT2D eigenvalue weighted by molar-refractivity contribution is -0.144. The molecule has 1 aromatic rings. The highest BCUT2D eigenvalue weighted by Crippen LogP contribution is 2.24. The summed E-state index contributed by atoms with van der Waals surface area (Å²) >= 11 is 0. The number of unbranched alkanes of at least 4 members (excludes halogenated alkanes) is 2. The van der Waals surface area contributed by atoms with Crippen molar-refractivity contribution in [3.8, 4) is 5.75 Å². The molecule has 31 heavy (non-hydrogen) atoms. The van der Waals surface area contributed by atoms with Crippen LogP contribution in [0.15, 0.2) is 24.3 Å². The zero-order valence-electron chi connectivity index (χ0n) is 19.1. The molecule has 4 nitrogen and oxygen atoms in total. The van der Waals surface area contributed by atoms with Crippen LogP contribution in [0.2, 0.25) is 0 Å². The fourth-order valence-electron chi connectivity index (χ4n) is 3.76. The van der Waals surface area contributed by atoms with Crippen LogP contribution in [0.4, 0.5) is 13.2 Å². The molecule has 0 N–H and O–H groups in total. The van der Waals surface area contributed by atoms with E-state index in [1.54, 1.807) is 7.05 Å². The molecule has 1 aromatic carbocycles. The summed E-state index contributed by atoms with van der Waals surface area (Å²) in [6.07, 6.45) is -0.265. The molecule has 2 rings (SSSR count). The monoisotopic (exact) mass is 442 g/mol. The second kappa shape index (κ2) is 12.3. The molecule has 1 heterocycles. The Balaban J connectivity index is 1.60. The number of benzene rings is 1. The van der Waals surface area contributed by atoms with Gasteiger partial charge >= 0.3 is 6.18 Å². The van der Waals surface area contributed by atoms with E-state index in [9.17, 15) is 18.0 Å². The largest absolute Gasteiger partial charge is 0.494 e. The number of rotatable bonds is 13. The minimum atomic E-state index is -4.16. The highest BCUT2D eigenvalue weighted by Gasteiger charge is 2.34. The van der Waals surface area contributed by atoms with E-state index >= 15 is 0 Å². The number of hydrogen-bond donors (Lipinski definition) is 0. The standard InChI is InChI=1S/C24H37F3N2O2/c1-19(2)8-5-4-6-15-31-22-11-9-20(10-12-22)16-29-17-21(18-29)23(30)28(3)14-7-13-24(25,26)27/h9-12,19,21H,4-8,13-18H2,1-3H3. The summed E-state index contributed by atoms with van der Waals surface area (Å²) in [5.41, 5.74) is 1.16. The van der Waals surface area contributed by atoms with E-state index in [4.69, 9.17) is 4.74 Å². The summed E-state index contributed by atoms with van der Waals surface area (Å²) in [4.78, 5) is 15.9. The summed E-state index contributed by atoms with van der Waals surface area (Å²) in [6, 6.07) is 8.07. The van der Waals surface area contributed by atoms with Gasteiger partial charge < -0.3 is 9.64 Å². The van der Waals surface area contributed by atoms with Gasteiger partial charge in [-0.3, -0.25) is 9.69 Å². The smallest absolute Gasteiger partial charge is 0.389 e. The van der Waals surface area contributed by atoms with Gasteiger partial charge in [-0.05, 0) is 36.5 Å². The van der Waals surface area contributed by atoms with Gasteiger partial charge in [0.15, 0.2) is 0 Å². The molecule has 0 atom stereocenters. The first-order valence-electron chi connectivity index (χ1n) is 11.4. The first-order valence-corrected chi connectivity index (χ1v) is 11.4. The van der Waals surface area contributed by atoms with Crippen LogP contribution >= 0.6 is 0 Å². The van der Waals surface area contributed by atoms with Gasteiger partial charge in [-0.15, -0.1) is 0 Å². The van der Waals surface area contributed by atoms with Crippen molar-refractivity contribution in [2.24, 2.45) is 11.8 Å². The van der Waals surface area contributed by atoms with Crippen LogP contribution in [0.5, 0.6) is 5.75 Å². The first-order chi connectivity index (χ1) is 14.6. The molecule has 7 heteroatoms. The molecule has 1 saturated heterocycles. The third-order valence-electron chi connectivity index (χ3n) is 5.66. The van der Waals surface area contributed by atoms with Crippen molar-refractivity contribution < 1.29 is 22.7 Å². The van der Waals surface area contributed by atoms with Crippen molar-refractivity contribution in [1.82, 2.24) is 9.80 Å². The average molecular weight is 443 g/mol. The second-order valence-corrected chi connectivity index (χ2v) is 9.11. The maximum Gasteiger partial charge on any atom is 0.389 e. The molecule has 0 saturated carbocycles. The van der Waals surface area contributed by atoms with Crippen molar-refractivity contribution in [2.75, 3.05) is 33.3 Å². The number of carbonyl (C=O) groups excluding carboxylic acids is 1. The van der Waals surface area contributed by atoms with Gasteiger partial charge in [-0.25, -0.2) is 0 Å². The molecule has 0 aliphatic carbocycles. The van der Waals surface area contributed by atoms with Crippen LogP contribution in [0, 0.1) is 11.8 Å². The minimum absolute atomic E-state index is 0.0471. The Morgan fingerprint density at radius 3 is 2.42 bits per heavy atom. The fraction of sp³-hybridized carbons (Fsp3) is 0.708. The summed E-state index contributed by atoms with van der Waals surface area (Å²) in [6.45, 7) is 7.44. The Labute approximate surface area is 184 Å². The molecule has 0 unspecified atom stereocenters. The summed E-state index contributed by atoms with van der Waals surface area (Å²) in [5.74, 6) is 1.46. The molecular formula is C24H37F3N2O2. The average Bonchev–Trinajstić information content (AvgIpc) is 2.66. The molecule has 0 spiro atoms. The SMILES string of the molecule is CC(C)CCCCCOc1ccc(CN2CC(C(=O)N(C)CCCC(F)(F)F)C2)cc1. The number of ether oxygens (including phenoxy) is 1. The van der Waals surface area contributed by atoms with Crippen molar-refractivity contribution in [2.45, 2.75) is 65.1 Å². The summed E-state index contributed by atoms with van der Waals surface area (Å²) in [7, 11) is 1.59. The molecule has 1 amide bonds. The van der Waals surface area contributed by atoms with Crippen molar-refractivity contribution >= 4 is 5.91 Å². The quantitative estimate of drug-likeness (QED) is 0.378. The Morgan fingerprint density at radius 2 is 1.81 bits per heavy atom. The third kappa shape index (κ3) is 9.93. The molecule has 176 valence electrons. The van der Waals surface area contributed by atoms with E-state index in [2.05, 4.69) is 18.7 Å². The van der Waals surface area contributed by atoms with Gasteiger partial charge in [0.1, 0.15) is 5.75 Å². The lowest BCUT2D eigenvalue weighted by Crippen LogP contribution is -2.53. The second-order valence-electron chi connectivity index (χ2n) is 9.11. The van der Waals surface area contributed by atoms with Crippen molar-refractivity contribution in [1.29, 1.82) is 0 Å². The molecule has 1 fully saturated rings. The highest BCUT2D eigenvalue weighted by atomic mass is 19.4. The lowest BCUT2D eigenvalue weighted by atomic mass is 9.97. The number of nitrogens with zero attached hydrogens (tertiary/aromatic N) is 2. The maximum absolute atomic E-state index is 12.3. The molecule has 0 bridgehead atoms. The number of amides is 1. The number of alkyl halides is 3. The van der Waals surface area contributed by atoms with E-state index in [0.29, 0.717) is 13.1 Å². The zero-order valence-corrected chi connectivity index (χ0v) is 19.1. The molecule has 1 aliphatic rings. The summed E-state index contributed by atoms with van der Waals surface area (Å²) < 4.78 is 42.5. The van der Waals surface area contributed by atoms with Crippen molar-refractivity contribution in [3.63, 3.8) is 0 Å². The van der Waals surface area contributed by atoms with Crippen molar-refractivity contribution in [3.05, 3.63) is 29.8 Å². The number of likely N-dealkylation sites (tertiary alicyclic amines) is 1. The maximum atomic E-state index is 12.3. The predicted octanol–water partition coefficient (Wildman–Crippen LogP) is 5.51. The zero-order chi connectivity index (χ0) is 22.9. The van der Waals surface area contributed by atoms with Crippen LogP contribution in [-0.2, 0) is 11.3 Å². The van der Waals surface area contributed by atoms with Gasteiger partial charge in [0.05, 0.1) is 12.5 Å². The molecule has 0 aromatic heterocycles. The minimum Gasteiger partial charge on any atom is -0.494 e. The molecule has 1 aliphatic heterocycles. The Kier molecular flexibility index (Phi) is 10.1. The van der Waals surface area contributed by atoms with Crippen LogP contribution in [0.25, 0.3) is 0 Å². The Morgan fingerprint density at radius 1 is 1.13 bits per heavy atom. The van der Waals surface area contributed by atoms with Gasteiger partial charge in [0.2, 0.25) is 5.91 Å². The third-order valence-corrected chi connectivity index (χ3v) is 5.66. The van der Waals surface area contributed by atoms with E-state index in [-0.39, 0.29) is 24.8 Å². The van der Waals surface area contributed by atoms with Crippen LogP contribution in [0.1, 0.15) is 57.9 Å². The topological polar surface area (TPSA) is 32.8 Å². The highest BCUT2D eigenvalue weighted by molar-refractivity contribution is 5.79. The molecule has 0 radical (unpaired) electrons. The van der Waals surface area contributed by atoms with E-state index in [1.807, 2.05) is 24.3 Å². The van der Waals surface area contributed by atoms with Crippen LogP contribution in [0.3, 0.4) is 0 Å². The number of halogens is 3. The van der Waals surface area contributed by atoms with Gasteiger partial charge in [0.25, 0.3) is 0 Å². The van der Waals surface area contributed by atoms with Gasteiger partial charge in [-0.2, -0.15) is 13.2 Å². The van der Waals surface area contributed by atoms with Gasteiger partial charge in [-0.1, -0.05) is 45.2 Å². The van der Waals surface area contributed by atoms with E-state index < -0.39 is 12.6 Å².